The molecule has 0 saturated heterocycles. The third-order valence-electron chi connectivity index (χ3n) is 6.59. The van der Waals surface area contributed by atoms with E-state index in [9.17, 15) is 9.59 Å². The monoisotopic (exact) mass is 508 g/mol. The van der Waals surface area contributed by atoms with Crippen molar-refractivity contribution in [3.8, 4) is 23.0 Å². The van der Waals surface area contributed by atoms with Gasteiger partial charge in [0.1, 0.15) is 16.9 Å². The van der Waals surface area contributed by atoms with E-state index in [1.54, 1.807) is 29.5 Å². The lowest BCUT2D eigenvalue weighted by Crippen LogP contribution is -2.38. The van der Waals surface area contributed by atoms with Crippen molar-refractivity contribution in [2.24, 2.45) is 5.92 Å². The first-order valence-electron chi connectivity index (χ1n) is 11.8. The van der Waals surface area contributed by atoms with Gasteiger partial charge in [-0.2, -0.15) is 0 Å². The summed E-state index contributed by atoms with van der Waals surface area (Å²) < 4.78 is 21.6. The molecule has 2 heterocycles. The highest BCUT2D eigenvalue weighted by Gasteiger charge is 2.33. The Morgan fingerprint density at radius 3 is 2.47 bits per heavy atom. The lowest BCUT2D eigenvalue weighted by atomic mass is 9.88. The van der Waals surface area contributed by atoms with Gasteiger partial charge in [0, 0.05) is 4.88 Å². The van der Waals surface area contributed by atoms with Crippen molar-refractivity contribution in [1.82, 2.24) is 5.32 Å². The van der Waals surface area contributed by atoms with Crippen molar-refractivity contribution in [3.05, 3.63) is 63.5 Å². The molecule has 1 aliphatic heterocycles. The number of carbonyl (C=O) groups excluding carboxylic acids is 2. The molecule has 8 nitrogen and oxygen atoms in total. The molecule has 2 N–H and O–H groups in total. The molecule has 9 heteroatoms. The first-order valence-corrected chi connectivity index (χ1v) is 12.6. The highest BCUT2D eigenvalue weighted by atomic mass is 32.1. The number of fused-ring (bicyclic) bond motifs is 3. The number of esters is 1. The molecule has 2 atom stereocenters. The molecule has 1 amide bonds. The molecule has 0 saturated carbocycles. The van der Waals surface area contributed by atoms with E-state index in [0.29, 0.717) is 28.9 Å². The maximum absolute atomic E-state index is 13.0. The summed E-state index contributed by atoms with van der Waals surface area (Å²) in [6, 6.07) is 10.2. The van der Waals surface area contributed by atoms with E-state index in [1.165, 1.54) is 43.9 Å². The van der Waals surface area contributed by atoms with Crippen LogP contribution in [0.1, 0.15) is 56.2 Å². The molecular weight excluding hydrogens is 480 g/mol. The van der Waals surface area contributed by atoms with Crippen molar-refractivity contribution in [2.45, 2.75) is 32.4 Å². The number of benzene rings is 2. The Morgan fingerprint density at radius 2 is 1.78 bits per heavy atom. The fraction of sp³-hybridized carbons (Fsp3) is 0.333. The van der Waals surface area contributed by atoms with Gasteiger partial charge in [-0.15, -0.1) is 11.3 Å². The minimum atomic E-state index is -0.575. The van der Waals surface area contributed by atoms with Crippen LogP contribution >= 0.6 is 11.3 Å². The van der Waals surface area contributed by atoms with Crippen LogP contribution in [0.2, 0.25) is 0 Å². The lowest BCUT2D eigenvalue weighted by molar-refractivity contribution is 0.0733. The summed E-state index contributed by atoms with van der Waals surface area (Å²) in [5.41, 5.74) is 3.00. The van der Waals surface area contributed by atoms with Gasteiger partial charge in [0.25, 0.3) is 5.91 Å². The molecule has 1 aliphatic carbocycles. The molecule has 0 radical (unpaired) electrons. The summed E-state index contributed by atoms with van der Waals surface area (Å²) >= 11 is 1.67. The predicted molar refractivity (Wildman–Crippen MR) is 137 cm³/mol. The largest absolute Gasteiger partial charge is 0.493 e. The molecule has 5 rings (SSSR count). The van der Waals surface area contributed by atoms with E-state index in [0.717, 1.165) is 35.4 Å². The van der Waals surface area contributed by atoms with Crippen molar-refractivity contribution in [1.29, 1.82) is 0 Å². The number of hydrogen-bond acceptors (Lipinski definition) is 8. The zero-order chi connectivity index (χ0) is 25.4. The Labute approximate surface area is 213 Å². The number of rotatable bonds is 6. The molecule has 2 aliphatic rings. The smallest absolute Gasteiger partial charge is 0.343 e. The number of hydrogen-bond donors (Lipinski definition) is 2. The van der Waals surface area contributed by atoms with Gasteiger partial charge in [0.05, 0.1) is 32.5 Å². The van der Waals surface area contributed by atoms with Crippen molar-refractivity contribution < 1.29 is 28.5 Å². The molecule has 1 aromatic heterocycles. The van der Waals surface area contributed by atoms with E-state index < -0.39 is 12.1 Å². The zero-order valence-corrected chi connectivity index (χ0v) is 21.4. The Bertz CT molecular complexity index is 1310. The Morgan fingerprint density at radius 1 is 1.03 bits per heavy atom. The van der Waals surface area contributed by atoms with Crippen molar-refractivity contribution in [3.63, 3.8) is 0 Å². The number of nitrogens with one attached hydrogen (secondary N) is 2. The second-order valence-electron chi connectivity index (χ2n) is 8.98. The second-order valence-corrected chi connectivity index (χ2v) is 10.1. The fourth-order valence-electron chi connectivity index (χ4n) is 4.75. The average molecular weight is 509 g/mol. The first kappa shape index (κ1) is 24.0. The molecule has 36 heavy (non-hydrogen) atoms. The van der Waals surface area contributed by atoms with Crippen LogP contribution in [0.25, 0.3) is 0 Å². The van der Waals surface area contributed by atoms with Gasteiger partial charge >= 0.3 is 5.97 Å². The number of anilines is 1. The van der Waals surface area contributed by atoms with Gasteiger partial charge in [-0.3, -0.25) is 4.79 Å². The summed E-state index contributed by atoms with van der Waals surface area (Å²) in [5.74, 6) is 1.45. The molecule has 0 unspecified atom stereocenters. The Hall–Kier alpha value is -3.72. The molecule has 0 spiro atoms. The van der Waals surface area contributed by atoms with Crippen LogP contribution in [0.3, 0.4) is 0 Å². The molecule has 0 fully saturated rings. The van der Waals surface area contributed by atoms with Gasteiger partial charge < -0.3 is 29.6 Å². The number of ether oxygens (including phenoxy) is 4. The summed E-state index contributed by atoms with van der Waals surface area (Å²) in [7, 11) is 4.46. The van der Waals surface area contributed by atoms with Crippen LogP contribution in [0.15, 0.2) is 36.4 Å². The predicted octanol–water partition coefficient (Wildman–Crippen LogP) is 4.97. The van der Waals surface area contributed by atoms with Crippen LogP contribution < -0.4 is 29.6 Å². The van der Waals surface area contributed by atoms with Gasteiger partial charge in [0.15, 0.2) is 11.5 Å². The van der Waals surface area contributed by atoms with E-state index in [1.807, 2.05) is 6.07 Å². The van der Waals surface area contributed by atoms with Crippen LogP contribution in [0.5, 0.6) is 23.0 Å². The van der Waals surface area contributed by atoms with Crippen LogP contribution in [0.4, 0.5) is 5.00 Å². The first-order chi connectivity index (χ1) is 17.4. The molecular formula is C27H28N2O6S. The van der Waals surface area contributed by atoms with Crippen LogP contribution in [0, 0.1) is 5.92 Å². The number of methoxy groups -OCH3 is 3. The zero-order valence-electron chi connectivity index (χ0n) is 20.6. The topological polar surface area (TPSA) is 95.1 Å². The van der Waals surface area contributed by atoms with E-state index in [4.69, 9.17) is 18.9 Å². The summed E-state index contributed by atoms with van der Waals surface area (Å²) in [4.78, 5) is 27.3. The van der Waals surface area contributed by atoms with Crippen LogP contribution in [-0.2, 0) is 12.8 Å². The summed E-state index contributed by atoms with van der Waals surface area (Å²) in [5, 5.41) is 7.44. The highest BCUT2D eigenvalue weighted by molar-refractivity contribution is 7.16. The van der Waals surface area contributed by atoms with Crippen molar-refractivity contribution in [2.75, 3.05) is 26.6 Å². The second kappa shape index (κ2) is 9.73. The molecule has 2 aromatic carbocycles. The number of amides is 1. The normalized spacial score (nSPS) is 18.3. The van der Waals surface area contributed by atoms with E-state index in [-0.39, 0.29) is 11.5 Å². The Kier molecular flexibility index (Phi) is 6.49. The standard InChI is InChI=1S/C27H28N2O6S/c1-14-8-9-18-21(10-14)36-26-22(18)25(30)28-24(29-26)15-6-5-7-17(11-15)35-27(31)16-12-19(32-2)23(34-4)20(13-16)33-3/h5-7,11-14,24,29H,8-10H2,1-4H3,(H,28,30)/t14-,24-/m0/s1. The lowest BCUT2D eigenvalue weighted by Gasteiger charge is -2.27. The minimum Gasteiger partial charge on any atom is -0.493 e. The van der Waals surface area contributed by atoms with E-state index in [2.05, 4.69) is 17.6 Å². The Balaban J connectivity index is 1.37. The highest BCUT2D eigenvalue weighted by Crippen LogP contribution is 2.43. The molecule has 3 aromatic rings. The van der Waals surface area contributed by atoms with Gasteiger partial charge in [-0.1, -0.05) is 19.1 Å². The quantitative estimate of drug-likeness (QED) is 0.358. The minimum absolute atomic E-state index is 0.0689. The van der Waals surface area contributed by atoms with Crippen molar-refractivity contribution >= 4 is 28.2 Å². The summed E-state index contributed by atoms with van der Waals surface area (Å²) in [6.45, 7) is 2.25. The average Bonchev–Trinajstić information content (AvgIpc) is 3.25. The van der Waals surface area contributed by atoms with Gasteiger partial charge in [-0.05, 0) is 60.6 Å². The third-order valence-corrected chi connectivity index (χ3v) is 7.78. The maximum Gasteiger partial charge on any atom is 0.343 e. The number of carbonyl (C=O) groups is 2. The molecule has 188 valence electrons. The van der Waals surface area contributed by atoms with Gasteiger partial charge in [-0.25, -0.2) is 4.79 Å². The summed E-state index contributed by atoms with van der Waals surface area (Å²) in [6.07, 6.45) is 2.63. The number of thiophene rings is 1. The SMILES string of the molecule is COc1cc(C(=O)Oc2cccc([C@H]3NC(=O)c4c(sc5c4CC[C@H](C)C5)N3)c2)cc(OC)c1OC. The fourth-order valence-corrected chi connectivity index (χ4v) is 6.19. The van der Waals surface area contributed by atoms with E-state index >= 15 is 0 Å². The van der Waals surface area contributed by atoms with Crippen LogP contribution in [-0.4, -0.2) is 33.2 Å². The maximum atomic E-state index is 13.0. The molecule has 0 bridgehead atoms. The van der Waals surface area contributed by atoms with Gasteiger partial charge in [0.2, 0.25) is 5.75 Å². The third kappa shape index (κ3) is 4.35.